The predicted octanol–water partition coefficient (Wildman–Crippen LogP) is 2.57. The number of hydrogen-bond acceptors (Lipinski definition) is 4. The Morgan fingerprint density at radius 2 is 2.10 bits per heavy atom. The Hall–Kier alpha value is -1.63. The number of fused-ring (bicyclic) bond motifs is 1. The third-order valence-corrected chi connectivity index (χ3v) is 5.81. The zero-order chi connectivity index (χ0) is 20.5. The third-order valence-electron chi connectivity index (χ3n) is 5.81. The molecule has 1 unspecified atom stereocenters. The van der Waals surface area contributed by atoms with E-state index in [0.717, 1.165) is 77.8 Å². The number of aliphatic imine (C=N–C) groups is 1. The van der Waals surface area contributed by atoms with Gasteiger partial charge in [-0.2, -0.15) is 0 Å². The lowest BCUT2D eigenvalue weighted by Crippen LogP contribution is -2.49. The van der Waals surface area contributed by atoms with Crippen LogP contribution in [0.2, 0.25) is 0 Å². The van der Waals surface area contributed by atoms with Gasteiger partial charge in [-0.15, -0.1) is 0 Å². The average molecular weight is 403 g/mol. The Labute approximate surface area is 176 Å². The third kappa shape index (κ3) is 6.69. The van der Waals surface area contributed by atoms with Crippen LogP contribution in [-0.2, 0) is 22.4 Å². The van der Waals surface area contributed by atoms with Crippen LogP contribution in [0.4, 0.5) is 0 Å². The smallest absolute Gasteiger partial charge is 0.191 e. The number of nitrogens with zero attached hydrogens (tertiary/aromatic N) is 2. The number of ether oxygens (including phenoxy) is 2. The molecule has 2 N–H and O–H groups in total. The van der Waals surface area contributed by atoms with Gasteiger partial charge in [0.2, 0.25) is 0 Å². The summed E-state index contributed by atoms with van der Waals surface area (Å²) in [6, 6.07) is 8.80. The van der Waals surface area contributed by atoms with Crippen LogP contribution in [0.5, 0.6) is 0 Å². The first-order valence-electron chi connectivity index (χ1n) is 11.1. The van der Waals surface area contributed by atoms with Crippen LogP contribution in [0.15, 0.2) is 29.3 Å². The maximum Gasteiger partial charge on any atom is 0.191 e. The van der Waals surface area contributed by atoms with Gasteiger partial charge in [0.25, 0.3) is 0 Å². The quantitative estimate of drug-likeness (QED) is 0.378. The van der Waals surface area contributed by atoms with Crippen molar-refractivity contribution >= 4 is 5.96 Å². The summed E-state index contributed by atoms with van der Waals surface area (Å²) in [6.07, 6.45) is 3.39. The van der Waals surface area contributed by atoms with Crippen LogP contribution in [-0.4, -0.2) is 68.5 Å². The maximum absolute atomic E-state index is 5.84. The molecule has 29 heavy (non-hydrogen) atoms. The fourth-order valence-electron chi connectivity index (χ4n) is 3.90. The van der Waals surface area contributed by atoms with E-state index in [4.69, 9.17) is 14.5 Å². The first-order chi connectivity index (χ1) is 14.1. The van der Waals surface area contributed by atoms with Crippen molar-refractivity contribution in [2.75, 3.05) is 46.0 Å². The molecule has 2 heterocycles. The fourth-order valence-corrected chi connectivity index (χ4v) is 3.90. The van der Waals surface area contributed by atoms with Crippen LogP contribution in [0.3, 0.4) is 0 Å². The molecule has 2 aliphatic rings. The fraction of sp³-hybridized carbons (Fsp3) is 0.696. The standard InChI is InChI=1S/C23H38N4O2/c1-4-24-22(25-12-7-14-29-21-11-15-28-17-21)26-18-23(2,3)27-13-10-19-8-5-6-9-20(19)16-27/h5-6,8-9,21H,4,7,10-18H2,1-3H3,(H2,24,25,26). The molecule has 0 bridgehead atoms. The van der Waals surface area contributed by atoms with E-state index in [2.05, 4.69) is 60.6 Å². The average Bonchev–Trinajstić information content (AvgIpc) is 3.25. The van der Waals surface area contributed by atoms with Gasteiger partial charge < -0.3 is 20.1 Å². The number of benzene rings is 1. The molecule has 3 rings (SSSR count). The highest BCUT2D eigenvalue weighted by molar-refractivity contribution is 5.79. The molecule has 6 heteroatoms. The number of nitrogens with one attached hydrogen (secondary N) is 2. The van der Waals surface area contributed by atoms with Crippen molar-refractivity contribution in [3.8, 4) is 0 Å². The van der Waals surface area contributed by atoms with Gasteiger partial charge in [0.1, 0.15) is 0 Å². The molecule has 1 aromatic carbocycles. The topological polar surface area (TPSA) is 58.1 Å². The highest BCUT2D eigenvalue weighted by Crippen LogP contribution is 2.25. The molecule has 6 nitrogen and oxygen atoms in total. The monoisotopic (exact) mass is 402 g/mol. The van der Waals surface area contributed by atoms with E-state index in [1.165, 1.54) is 11.1 Å². The summed E-state index contributed by atoms with van der Waals surface area (Å²) < 4.78 is 11.2. The molecule has 0 radical (unpaired) electrons. The van der Waals surface area contributed by atoms with Crippen molar-refractivity contribution in [3.05, 3.63) is 35.4 Å². The van der Waals surface area contributed by atoms with E-state index in [1.54, 1.807) is 0 Å². The second kappa shape index (κ2) is 11.0. The largest absolute Gasteiger partial charge is 0.379 e. The summed E-state index contributed by atoms with van der Waals surface area (Å²) in [4.78, 5) is 7.44. The van der Waals surface area contributed by atoms with Gasteiger partial charge in [-0.25, -0.2) is 0 Å². The van der Waals surface area contributed by atoms with Gasteiger partial charge in [0.05, 0.1) is 19.3 Å². The van der Waals surface area contributed by atoms with E-state index in [0.29, 0.717) is 0 Å². The summed E-state index contributed by atoms with van der Waals surface area (Å²) in [5, 5.41) is 6.81. The first kappa shape index (κ1) is 22.1. The highest BCUT2D eigenvalue weighted by atomic mass is 16.5. The Morgan fingerprint density at radius 3 is 2.86 bits per heavy atom. The molecular formula is C23H38N4O2. The highest BCUT2D eigenvalue weighted by Gasteiger charge is 2.29. The summed E-state index contributed by atoms with van der Waals surface area (Å²) in [5.74, 6) is 0.891. The summed E-state index contributed by atoms with van der Waals surface area (Å²) in [6.45, 7) is 13.6. The Morgan fingerprint density at radius 1 is 1.28 bits per heavy atom. The number of guanidine groups is 1. The minimum atomic E-state index is 0.0153. The van der Waals surface area contributed by atoms with Gasteiger partial charge in [0.15, 0.2) is 5.96 Å². The lowest BCUT2D eigenvalue weighted by atomic mass is 9.94. The molecule has 1 saturated heterocycles. The zero-order valence-corrected chi connectivity index (χ0v) is 18.4. The van der Waals surface area contributed by atoms with Crippen molar-refractivity contribution in [2.24, 2.45) is 4.99 Å². The van der Waals surface area contributed by atoms with Crippen LogP contribution < -0.4 is 10.6 Å². The van der Waals surface area contributed by atoms with E-state index in [-0.39, 0.29) is 11.6 Å². The molecule has 1 aromatic rings. The van der Waals surface area contributed by atoms with E-state index in [9.17, 15) is 0 Å². The van der Waals surface area contributed by atoms with Gasteiger partial charge >= 0.3 is 0 Å². The molecule has 2 aliphatic heterocycles. The predicted molar refractivity (Wildman–Crippen MR) is 118 cm³/mol. The first-order valence-corrected chi connectivity index (χ1v) is 11.1. The normalized spacial score (nSPS) is 20.5. The van der Waals surface area contributed by atoms with Crippen LogP contribution >= 0.6 is 0 Å². The molecule has 0 saturated carbocycles. The van der Waals surface area contributed by atoms with Crippen LogP contribution in [0.1, 0.15) is 44.7 Å². The summed E-state index contributed by atoms with van der Waals surface area (Å²) in [5.41, 5.74) is 2.96. The second-order valence-electron chi connectivity index (χ2n) is 8.58. The number of hydrogen-bond donors (Lipinski definition) is 2. The summed E-state index contributed by atoms with van der Waals surface area (Å²) >= 11 is 0. The van der Waals surface area contributed by atoms with Crippen molar-refractivity contribution < 1.29 is 9.47 Å². The lowest BCUT2D eigenvalue weighted by molar-refractivity contribution is 0.0420. The van der Waals surface area contributed by atoms with Crippen molar-refractivity contribution in [2.45, 2.75) is 58.2 Å². The SMILES string of the molecule is CCNC(=NCC(C)(C)N1CCc2ccccc2C1)NCCCOC1CCOC1. The molecule has 1 fully saturated rings. The molecule has 0 aromatic heterocycles. The summed E-state index contributed by atoms with van der Waals surface area (Å²) in [7, 11) is 0. The lowest BCUT2D eigenvalue weighted by Gasteiger charge is -2.40. The van der Waals surface area contributed by atoms with E-state index >= 15 is 0 Å². The molecule has 0 aliphatic carbocycles. The molecule has 0 spiro atoms. The molecule has 162 valence electrons. The van der Waals surface area contributed by atoms with Gasteiger partial charge in [-0.1, -0.05) is 24.3 Å². The van der Waals surface area contributed by atoms with Gasteiger partial charge in [-0.05, 0) is 51.2 Å². The van der Waals surface area contributed by atoms with Gasteiger partial charge in [0, 0.05) is 44.9 Å². The van der Waals surface area contributed by atoms with Crippen molar-refractivity contribution in [1.29, 1.82) is 0 Å². The Kier molecular flexibility index (Phi) is 8.33. The van der Waals surface area contributed by atoms with Crippen LogP contribution in [0.25, 0.3) is 0 Å². The number of rotatable bonds is 9. The molecular weight excluding hydrogens is 364 g/mol. The Bertz CT molecular complexity index is 656. The second-order valence-corrected chi connectivity index (χ2v) is 8.58. The Balaban J connectivity index is 1.45. The minimum absolute atomic E-state index is 0.0153. The van der Waals surface area contributed by atoms with Gasteiger partial charge in [-0.3, -0.25) is 9.89 Å². The van der Waals surface area contributed by atoms with Crippen molar-refractivity contribution in [3.63, 3.8) is 0 Å². The minimum Gasteiger partial charge on any atom is -0.379 e. The van der Waals surface area contributed by atoms with Crippen LogP contribution in [0, 0.1) is 0 Å². The maximum atomic E-state index is 5.84. The molecule has 1 atom stereocenters. The zero-order valence-electron chi connectivity index (χ0n) is 18.4. The van der Waals surface area contributed by atoms with E-state index < -0.39 is 0 Å². The van der Waals surface area contributed by atoms with E-state index in [1.807, 2.05) is 0 Å². The molecule has 0 amide bonds. The van der Waals surface area contributed by atoms with Crippen molar-refractivity contribution in [1.82, 2.24) is 15.5 Å².